The zero-order valence-corrected chi connectivity index (χ0v) is 24.1. The van der Waals surface area contributed by atoms with Crippen LogP contribution in [-0.4, -0.2) is 37.2 Å². The second-order valence-corrected chi connectivity index (χ2v) is 13.2. The molecule has 0 N–H and O–H groups in total. The van der Waals surface area contributed by atoms with Crippen molar-refractivity contribution in [2.75, 3.05) is 13.7 Å². The van der Waals surface area contributed by atoms with Gasteiger partial charge in [0.15, 0.2) is 0 Å². The van der Waals surface area contributed by atoms with Gasteiger partial charge < -0.3 is 14.2 Å². The van der Waals surface area contributed by atoms with Crippen LogP contribution >= 0.6 is 0 Å². The summed E-state index contributed by atoms with van der Waals surface area (Å²) in [5.41, 5.74) is -2.62. The SMILES string of the molecule is CCC(C)(CCC(C)(CCC(C)(C)C(=O)OC(C)(C)C)C(=O)OC)C(=O)OCCCC(C)(C)C. The second-order valence-electron chi connectivity index (χ2n) is 13.2. The van der Waals surface area contributed by atoms with Gasteiger partial charge in [-0.1, -0.05) is 27.7 Å². The zero-order chi connectivity index (χ0) is 27.0. The molecular formula is C28H52O6. The molecule has 0 rings (SSSR count). The lowest BCUT2D eigenvalue weighted by molar-refractivity contribution is -0.167. The van der Waals surface area contributed by atoms with Crippen LogP contribution in [0.1, 0.15) is 121 Å². The first-order valence-corrected chi connectivity index (χ1v) is 12.7. The van der Waals surface area contributed by atoms with Crippen LogP contribution in [-0.2, 0) is 28.6 Å². The van der Waals surface area contributed by atoms with Crippen molar-refractivity contribution in [1.29, 1.82) is 0 Å². The van der Waals surface area contributed by atoms with Gasteiger partial charge in [0, 0.05) is 0 Å². The fourth-order valence-corrected chi connectivity index (χ4v) is 3.60. The Hall–Kier alpha value is -1.59. The molecule has 6 heteroatoms. The Labute approximate surface area is 208 Å². The van der Waals surface area contributed by atoms with E-state index in [1.54, 1.807) is 0 Å². The largest absolute Gasteiger partial charge is 0.469 e. The second kappa shape index (κ2) is 12.4. The Morgan fingerprint density at radius 3 is 1.59 bits per heavy atom. The highest BCUT2D eigenvalue weighted by atomic mass is 16.6. The van der Waals surface area contributed by atoms with Crippen LogP contribution in [0.4, 0.5) is 0 Å². The molecule has 0 saturated carbocycles. The summed E-state index contributed by atoms with van der Waals surface area (Å²) in [5, 5.41) is 0. The molecule has 200 valence electrons. The molecule has 2 unspecified atom stereocenters. The van der Waals surface area contributed by atoms with Crippen LogP contribution in [0.15, 0.2) is 0 Å². The van der Waals surface area contributed by atoms with Gasteiger partial charge in [0.25, 0.3) is 0 Å². The Morgan fingerprint density at radius 1 is 0.647 bits per heavy atom. The third kappa shape index (κ3) is 11.2. The molecule has 0 aliphatic carbocycles. The average Bonchev–Trinajstić information content (AvgIpc) is 2.70. The minimum absolute atomic E-state index is 0.204. The van der Waals surface area contributed by atoms with E-state index < -0.39 is 21.8 Å². The highest BCUT2D eigenvalue weighted by Crippen LogP contribution is 2.41. The van der Waals surface area contributed by atoms with Gasteiger partial charge in [-0.2, -0.15) is 0 Å². The topological polar surface area (TPSA) is 78.9 Å². The van der Waals surface area contributed by atoms with Crippen LogP contribution in [0, 0.1) is 21.7 Å². The number of carbonyl (C=O) groups excluding carboxylic acids is 3. The first-order chi connectivity index (χ1) is 15.2. The molecular weight excluding hydrogens is 432 g/mol. The Balaban J connectivity index is 5.27. The summed E-state index contributed by atoms with van der Waals surface area (Å²) in [6, 6.07) is 0. The molecule has 34 heavy (non-hydrogen) atoms. The highest BCUT2D eigenvalue weighted by Gasteiger charge is 2.42. The van der Waals surface area contributed by atoms with Crippen molar-refractivity contribution in [2.45, 2.75) is 127 Å². The first kappa shape index (κ1) is 32.4. The van der Waals surface area contributed by atoms with Gasteiger partial charge in [-0.15, -0.1) is 0 Å². The van der Waals surface area contributed by atoms with E-state index in [4.69, 9.17) is 14.2 Å². The van der Waals surface area contributed by atoms with E-state index >= 15 is 0 Å². The van der Waals surface area contributed by atoms with Crippen molar-refractivity contribution >= 4 is 17.9 Å². The summed E-state index contributed by atoms with van der Waals surface area (Å²) < 4.78 is 16.3. The van der Waals surface area contributed by atoms with Crippen molar-refractivity contribution in [3.8, 4) is 0 Å². The maximum Gasteiger partial charge on any atom is 0.312 e. The number of carbonyl (C=O) groups is 3. The summed E-state index contributed by atoms with van der Waals surface area (Å²) in [4.78, 5) is 38.4. The Morgan fingerprint density at radius 2 is 1.15 bits per heavy atom. The van der Waals surface area contributed by atoms with Crippen LogP contribution in [0.3, 0.4) is 0 Å². The average molecular weight is 485 g/mol. The summed E-state index contributed by atoms with van der Waals surface area (Å²) in [6.07, 6.45) is 4.31. The fourth-order valence-electron chi connectivity index (χ4n) is 3.60. The molecule has 0 fully saturated rings. The molecule has 0 aromatic carbocycles. The van der Waals surface area contributed by atoms with Crippen LogP contribution < -0.4 is 0 Å². The molecule has 0 bridgehead atoms. The van der Waals surface area contributed by atoms with Gasteiger partial charge >= 0.3 is 17.9 Å². The molecule has 0 saturated heterocycles. The maximum absolute atomic E-state index is 12.9. The summed E-state index contributed by atoms with van der Waals surface area (Å²) in [6.45, 7) is 21.8. The lowest BCUT2D eigenvalue weighted by atomic mass is 9.71. The fraction of sp³-hybridized carbons (Fsp3) is 0.893. The Kier molecular flexibility index (Phi) is 11.8. The summed E-state index contributed by atoms with van der Waals surface area (Å²) >= 11 is 0. The molecule has 0 amide bonds. The van der Waals surface area contributed by atoms with Gasteiger partial charge in [0.1, 0.15) is 5.60 Å². The van der Waals surface area contributed by atoms with Crippen LogP contribution in [0.5, 0.6) is 0 Å². The van der Waals surface area contributed by atoms with Crippen LogP contribution in [0.2, 0.25) is 0 Å². The maximum atomic E-state index is 12.9. The molecule has 0 aromatic heterocycles. The van der Waals surface area contributed by atoms with Crippen molar-refractivity contribution in [1.82, 2.24) is 0 Å². The minimum atomic E-state index is -0.822. The molecule has 0 radical (unpaired) electrons. The van der Waals surface area contributed by atoms with Crippen molar-refractivity contribution in [3.63, 3.8) is 0 Å². The molecule has 2 atom stereocenters. The van der Waals surface area contributed by atoms with Gasteiger partial charge in [-0.25, -0.2) is 0 Å². The number of ether oxygens (including phenoxy) is 3. The number of rotatable bonds is 13. The normalized spacial score (nSPS) is 16.2. The summed E-state index contributed by atoms with van der Waals surface area (Å²) in [5.74, 6) is -0.834. The predicted molar refractivity (Wildman–Crippen MR) is 136 cm³/mol. The number of esters is 3. The third-order valence-electron chi connectivity index (χ3n) is 6.74. The zero-order valence-electron chi connectivity index (χ0n) is 24.1. The standard InChI is InChI=1S/C28H52O6/c1-13-27(10,23(31)33-20-14-15-24(2,3)4)18-19-28(11,22(30)32-12)17-16-26(8,9)21(29)34-25(5,6)7/h13-20H2,1-12H3. The monoisotopic (exact) mass is 484 g/mol. The van der Waals surface area contributed by atoms with E-state index in [0.29, 0.717) is 38.7 Å². The quantitative estimate of drug-likeness (QED) is 0.161. The smallest absolute Gasteiger partial charge is 0.312 e. The lowest BCUT2D eigenvalue weighted by Crippen LogP contribution is -2.38. The number of methoxy groups -OCH3 is 1. The van der Waals surface area contributed by atoms with E-state index in [9.17, 15) is 14.4 Å². The van der Waals surface area contributed by atoms with E-state index in [1.807, 2.05) is 55.4 Å². The van der Waals surface area contributed by atoms with Crippen molar-refractivity contribution < 1.29 is 28.6 Å². The third-order valence-corrected chi connectivity index (χ3v) is 6.74. The van der Waals surface area contributed by atoms with Gasteiger partial charge in [-0.3, -0.25) is 14.4 Å². The summed E-state index contributed by atoms with van der Waals surface area (Å²) in [7, 11) is 1.38. The van der Waals surface area contributed by atoms with Gasteiger partial charge in [0.2, 0.25) is 0 Å². The minimum Gasteiger partial charge on any atom is -0.469 e. The van der Waals surface area contributed by atoms with E-state index in [0.717, 1.165) is 12.8 Å². The highest BCUT2D eigenvalue weighted by molar-refractivity contribution is 5.79. The Bertz CT molecular complexity index is 682. The van der Waals surface area contributed by atoms with E-state index in [2.05, 4.69) is 20.8 Å². The number of hydrogen-bond acceptors (Lipinski definition) is 6. The molecule has 0 spiro atoms. The lowest BCUT2D eigenvalue weighted by Gasteiger charge is -2.35. The van der Waals surface area contributed by atoms with Crippen molar-refractivity contribution in [3.05, 3.63) is 0 Å². The molecule has 0 aromatic rings. The van der Waals surface area contributed by atoms with Gasteiger partial charge in [0.05, 0.1) is 30.0 Å². The molecule has 0 heterocycles. The van der Waals surface area contributed by atoms with Gasteiger partial charge in [-0.05, 0) is 98.8 Å². The predicted octanol–water partition coefficient (Wildman–Crippen LogP) is 6.88. The number of hydrogen-bond donors (Lipinski definition) is 0. The molecule has 0 aliphatic rings. The van der Waals surface area contributed by atoms with Crippen molar-refractivity contribution in [2.24, 2.45) is 21.7 Å². The van der Waals surface area contributed by atoms with E-state index in [1.165, 1.54) is 7.11 Å². The first-order valence-electron chi connectivity index (χ1n) is 12.7. The molecule has 0 aliphatic heterocycles. The molecule has 6 nitrogen and oxygen atoms in total. The van der Waals surface area contributed by atoms with E-state index in [-0.39, 0.29) is 23.3 Å². The van der Waals surface area contributed by atoms with Crippen LogP contribution in [0.25, 0.3) is 0 Å².